The number of nitrogens with one attached hydrogen (secondary N) is 3. The zero-order valence-electron chi connectivity index (χ0n) is 12.4. The normalized spacial score (nSPS) is 20.4. The molecule has 4 nitrogen and oxygen atoms in total. The van der Waals surface area contributed by atoms with Crippen LogP contribution in [0.5, 0.6) is 0 Å². The lowest BCUT2D eigenvalue weighted by atomic mass is 9.94. The Morgan fingerprint density at radius 2 is 1.91 bits per heavy atom. The SMILES string of the molecule is O=C(NCc1cccc(Cl)c1)C1CNNC1c1ccc(Cl)cc1. The number of amides is 1. The number of rotatable bonds is 4. The van der Waals surface area contributed by atoms with Crippen molar-refractivity contribution in [1.29, 1.82) is 0 Å². The number of hydrazine groups is 1. The van der Waals surface area contributed by atoms with Crippen molar-refractivity contribution in [1.82, 2.24) is 16.2 Å². The molecule has 0 spiro atoms. The first-order valence-corrected chi connectivity index (χ1v) is 8.15. The molecule has 1 saturated heterocycles. The van der Waals surface area contributed by atoms with E-state index < -0.39 is 0 Å². The van der Waals surface area contributed by atoms with E-state index in [1.54, 1.807) is 0 Å². The number of hydrogen-bond acceptors (Lipinski definition) is 3. The standard InChI is InChI=1S/C17H17Cl2N3O/c18-13-6-4-12(5-7-13)16-15(10-21-22-16)17(23)20-9-11-2-1-3-14(19)8-11/h1-8,15-16,21-22H,9-10H2,(H,20,23). The number of carbonyl (C=O) groups excluding carboxylic acids is 1. The van der Waals surface area contributed by atoms with Gasteiger partial charge in [0.2, 0.25) is 5.91 Å². The third kappa shape index (κ3) is 4.03. The highest BCUT2D eigenvalue weighted by molar-refractivity contribution is 6.30. The summed E-state index contributed by atoms with van der Waals surface area (Å²) >= 11 is 11.9. The third-order valence-electron chi connectivity index (χ3n) is 3.90. The van der Waals surface area contributed by atoms with Gasteiger partial charge in [-0.1, -0.05) is 47.5 Å². The topological polar surface area (TPSA) is 53.2 Å². The predicted octanol–water partition coefficient (Wildman–Crippen LogP) is 3.07. The lowest BCUT2D eigenvalue weighted by Gasteiger charge is -2.18. The monoisotopic (exact) mass is 349 g/mol. The third-order valence-corrected chi connectivity index (χ3v) is 4.39. The first kappa shape index (κ1) is 16.3. The quantitative estimate of drug-likeness (QED) is 0.794. The van der Waals surface area contributed by atoms with Crippen molar-refractivity contribution in [2.24, 2.45) is 5.92 Å². The van der Waals surface area contributed by atoms with Crippen molar-refractivity contribution in [3.63, 3.8) is 0 Å². The Balaban J connectivity index is 1.65. The number of carbonyl (C=O) groups is 1. The Hall–Kier alpha value is -1.59. The Kier molecular flexibility index (Phi) is 5.18. The average molecular weight is 350 g/mol. The fourth-order valence-electron chi connectivity index (χ4n) is 2.69. The van der Waals surface area contributed by atoms with E-state index in [9.17, 15) is 4.79 Å². The highest BCUT2D eigenvalue weighted by Gasteiger charge is 2.33. The number of hydrogen-bond donors (Lipinski definition) is 3. The lowest BCUT2D eigenvalue weighted by Crippen LogP contribution is -2.34. The first-order chi connectivity index (χ1) is 11.1. The van der Waals surface area contributed by atoms with E-state index in [1.165, 1.54) is 0 Å². The minimum absolute atomic E-state index is 0.00225. The average Bonchev–Trinajstić information content (AvgIpc) is 3.03. The van der Waals surface area contributed by atoms with E-state index in [-0.39, 0.29) is 17.9 Å². The summed E-state index contributed by atoms with van der Waals surface area (Å²) in [5.74, 6) is -0.183. The molecular formula is C17H17Cl2N3O. The van der Waals surface area contributed by atoms with Gasteiger partial charge in [0.05, 0.1) is 12.0 Å². The van der Waals surface area contributed by atoms with Gasteiger partial charge in [0, 0.05) is 23.1 Å². The van der Waals surface area contributed by atoms with Crippen LogP contribution in [0.3, 0.4) is 0 Å². The van der Waals surface area contributed by atoms with E-state index in [4.69, 9.17) is 23.2 Å². The van der Waals surface area contributed by atoms with Gasteiger partial charge in [-0.3, -0.25) is 10.2 Å². The fourth-order valence-corrected chi connectivity index (χ4v) is 3.03. The van der Waals surface area contributed by atoms with E-state index in [0.717, 1.165) is 11.1 Å². The molecule has 0 radical (unpaired) electrons. The van der Waals surface area contributed by atoms with Gasteiger partial charge in [0.1, 0.15) is 0 Å². The van der Waals surface area contributed by atoms with E-state index in [2.05, 4.69) is 16.2 Å². The van der Waals surface area contributed by atoms with Gasteiger partial charge in [-0.15, -0.1) is 0 Å². The molecule has 1 aliphatic rings. The molecule has 0 bridgehead atoms. The van der Waals surface area contributed by atoms with Crippen molar-refractivity contribution < 1.29 is 4.79 Å². The molecule has 2 unspecified atom stereocenters. The van der Waals surface area contributed by atoms with Crippen LogP contribution in [-0.2, 0) is 11.3 Å². The van der Waals surface area contributed by atoms with Crippen molar-refractivity contribution in [3.8, 4) is 0 Å². The minimum Gasteiger partial charge on any atom is -0.352 e. The van der Waals surface area contributed by atoms with Gasteiger partial charge >= 0.3 is 0 Å². The van der Waals surface area contributed by atoms with Crippen molar-refractivity contribution in [3.05, 3.63) is 69.7 Å². The van der Waals surface area contributed by atoms with Gasteiger partial charge in [-0.25, -0.2) is 5.43 Å². The summed E-state index contributed by atoms with van der Waals surface area (Å²) in [5, 5.41) is 4.32. The molecule has 2 atom stereocenters. The Labute approximate surface area is 145 Å². The zero-order chi connectivity index (χ0) is 16.2. The second-order valence-corrected chi connectivity index (χ2v) is 6.38. The van der Waals surface area contributed by atoms with Crippen LogP contribution in [0.15, 0.2) is 48.5 Å². The molecule has 1 fully saturated rings. The van der Waals surface area contributed by atoms with Gasteiger partial charge in [0.25, 0.3) is 0 Å². The maximum atomic E-state index is 12.5. The fraction of sp³-hybridized carbons (Fsp3) is 0.235. The molecule has 0 aromatic heterocycles. The second-order valence-electron chi connectivity index (χ2n) is 5.51. The summed E-state index contributed by atoms with van der Waals surface area (Å²) in [4.78, 5) is 12.5. The molecule has 3 rings (SSSR count). The number of halogens is 2. The maximum Gasteiger partial charge on any atom is 0.226 e. The molecule has 6 heteroatoms. The summed E-state index contributed by atoms with van der Waals surface area (Å²) in [6, 6.07) is 14.9. The Morgan fingerprint density at radius 3 is 2.65 bits per heavy atom. The zero-order valence-corrected chi connectivity index (χ0v) is 13.9. The molecule has 2 aromatic carbocycles. The van der Waals surface area contributed by atoms with Crippen LogP contribution in [0.1, 0.15) is 17.2 Å². The summed E-state index contributed by atoms with van der Waals surface area (Å²) < 4.78 is 0. The molecule has 0 saturated carbocycles. The van der Waals surface area contributed by atoms with Gasteiger partial charge in [-0.2, -0.15) is 0 Å². The molecular weight excluding hydrogens is 333 g/mol. The van der Waals surface area contributed by atoms with Gasteiger partial charge < -0.3 is 5.32 Å². The molecule has 3 N–H and O–H groups in total. The Morgan fingerprint density at radius 1 is 1.13 bits per heavy atom. The van der Waals surface area contributed by atoms with Crippen LogP contribution in [0.25, 0.3) is 0 Å². The molecule has 1 aliphatic heterocycles. The lowest BCUT2D eigenvalue weighted by molar-refractivity contribution is -0.125. The molecule has 1 heterocycles. The van der Waals surface area contributed by atoms with Crippen LogP contribution in [0.4, 0.5) is 0 Å². The van der Waals surface area contributed by atoms with E-state index in [0.29, 0.717) is 23.1 Å². The smallest absolute Gasteiger partial charge is 0.226 e. The summed E-state index contributed by atoms with van der Waals surface area (Å²) in [6.45, 7) is 1.04. The second kappa shape index (κ2) is 7.32. The van der Waals surface area contributed by atoms with Crippen molar-refractivity contribution in [2.45, 2.75) is 12.6 Å². The largest absolute Gasteiger partial charge is 0.352 e. The molecule has 0 aliphatic carbocycles. The minimum atomic E-state index is -0.185. The predicted molar refractivity (Wildman–Crippen MR) is 92.1 cm³/mol. The van der Waals surface area contributed by atoms with Crippen LogP contribution in [0.2, 0.25) is 10.0 Å². The molecule has 23 heavy (non-hydrogen) atoms. The maximum absolute atomic E-state index is 12.5. The summed E-state index contributed by atoms with van der Waals surface area (Å²) in [5.41, 5.74) is 8.22. The van der Waals surface area contributed by atoms with Gasteiger partial charge in [0.15, 0.2) is 0 Å². The van der Waals surface area contributed by atoms with E-state index >= 15 is 0 Å². The van der Waals surface area contributed by atoms with Crippen LogP contribution < -0.4 is 16.2 Å². The van der Waals surface area contributed by atoms with Crippen molar-refractivity contribution in [2.75, 3.05) is 6.54 Å². The van der Waals surface area contributed by atoms with E-state index in [1.807, 2.05) is 48.5 Å². The first-order valence-electron chi connectivity index (χ1n) is 7.39. The van der Waals surface area contributed by atoms with Crippen LogP contribution >= 0.6 is 23.2 Å². The molecule has 120 valence electrons. The summed E-state index contributed by atoms with van der Waals surface area (Å²) in [7, 11) is 0. The Bertz CT molecular complexity index is 690. The number of benzene rings is 2. The van der Waals surface area contributed by atoms with Crippen molar-refractivity contribution >= 4 is 29.1 Å². The van der Waals surface area contributed by atoms with Crippen LogP contribution in [-0.4, -0.2) is 12.5 Å². The summed E-state index contributed by atoms with van der Waals surface area (Å²) in [6.07, 6.45) is 0. The van der Waals surface area contributed by atoms with Crippen LogP contribution in [0, 0.1) is 5.92 Å². The molecule has 1 amide bonds. The molecule has 2 aromatic rings. The highest BCUT2D eigenvalue weighted by atomic mass is 35.5. The van der Waals surface area contributed by atoms with Gasteiger partial charge in [-0.05, 0) is 35.4 Å². The highest BCUT2D eigenvalue weighted by Crippen LogP contribution is 2.26.